The fraction of sp³-hybridized carbons (Fsp3) is 0.379. The van der Waals surface area contributed by atoms with Crippen molar-refractivity contribution in [3.63, 3.8) is 0 Å². The molecule has 1 aromatic heterocycles. The number of aryl methyl sites for hydroxylation is 1. The van der Waals surface area contributed by atoms with E-state index >= 15 is 0 Å². The molecule has 2 aliphatic heterocycles. The Morgan fingerprint density at radius 2 is 1.92 bits per heavy atom. The monoisotopic (exact) mass is 538 g/mol. The number of hydrogen-bond donors (Lipinski definition) is 0. The van der Waals surface area contributed by atoms with Crippen molar-refractivity contribution in [1.82, 2.24) is 9.80 Å². The molecule has 0 radical (unpaired) electrons. The first-order valence-electron chi connectivity index (χ1n) is 12.7. The van der Waals surface area contributed by atoms with Crippen LogP contribution in [0.15, 0.2) is 60.0 Å². The topological polar surface area (TPSA) is 59.1 Å². The minimum atomic E-state index is -0.225. The number of nitrogens with zero attached hydrogens (tertiary/aromatic N) is 2. The van der Waals surface area contributed by atoms with E-state index in [2.05, 4.69) is 11.4 Å². The van der Waals surface area contributed by atoms with Gasteiger partial charge in [0.25, 0.3) is 5.91 Å². The Bertz CT molecular complexity index is 1220. The number of benzene rings is 2. The third-order valence-corrected chi connectivity index (χ3v) is 8.25. The quantitative estimate of drug-likeness (QED) is 0.378. The summed E-state index contributed by atoms with van der Waals surface area (Å²) >= 11 is 7.73. The number of thiophene rings is 1. The van der Waals surface area contributed by atoms with Crippen LogP contribution >= 0.6 is 22.9 Å². The number of amides is 2. The lowest BCUT2D eigenvalue weighted by Gasteiger charge is -2.37. The summed E-state index contributed by atoms with van der Waals surface area (Å²) in [6.07, 6.45) is 2.62. The molecule has 0 aliphatic carbocycles. The molecule has 0 spiro atoms. The molecule has 0 bridgehead atoms. The third-order valence-electron chi connectivity index (χ3n) is 7.00. The van der Waals surface area contributed by atoms with E-state index in [-0.39, 0.29) is 30.5 Å². The maximum Gasteiger partial charge on any atom is 0.254 e. The van der Waals surface area contributed by atoms with Crippen LogP contribution in [0.5, 0.6) is 5.75 Å². The summed E-state index contributed by atoms with van der Waals surface area (Å²) in [4.78, 5) is 32.1. The van der Waals surface area contributed by atoms with Gasteiger partial charge in [-0.05, 0) is 79.6 Å². The van der Waals surface area contributed by atoms with Crippen molar-refractivity contribution in [2.24, 2.45) is 0 Å². The Kier molecular flexibility index (Phi) is 8.13. The van der Waals surface area contributed by atoms with Gasteiger partial charge in [-0.15, -0.1) is 11.3 Å². The van der Waals surface area contributed by atoms with E-state index in [1.807, 2.05) is 48.2 Å². The highest BCUT2D eigenvalue weighted by Gasteiger charge is 2.34. The van der Waals surface area contributed by atoms with Crippen molar-refractivity contribution in [3.05, 3.63) is 86.6 Å². The first-order chi connectivity index (χ1) is 18.0. The molecule has 2 atom stereocenters. The van der Waals surface area contributed by atoms with Crippen LogP contribution in [0.1, 0.15) is 45.2 Å². The standard InChI is InChI=1S/C29H31ClN2O4S/c1-20-4-6-21(7-5-20)29(34)31(17-24-3-2-15-35-24)18-28(33)32-14-12-27-25(13-16-37-27)26(32)19-36-23-10-8-22(30)9-11-23/h4-11,13,16,24,26H,2-3,12,14-15,17-19H2,1H3/t24-,26-/m1/s1. The average molecular weight is 539 g/mol. The van der Waals surface area contributed by atoms with Crippen LogP contribution < -0.4 is 4.74 Å². The largest absolute Gasteiger partial charge is 0.491 e. The normalized spacial score (nSPS) is 18.9. The lowest BCUT2D eigenvalue weighted by Crippen LogP contribution is -2.49. The number of fused-ring (bicyclic) bond motifs is 1. The Morgan fingerprint density at radius 3 is 2.65 bits per heavy atom. The van der Waals surface area contributed by atoms with E-state index in [0.29, 0.717) is 42.6 Å². The van der Waals surface area contributed by atoms with Crippen molar-refractivity contribution >= 4 is 34.8 Å². The van der Waals surface area contributed by atoms with Gasteiger partial charge in [-0.3, -0.25) is 9.59 Å². The van der Waals surface area contributed by atoms with Crippen molar-refractivity contribution in [2.75, 3.05) is 32.8 Å². The van der Waals surface area contributed by atoms with Gasteiger partial charge in [-0.1, -0.05) is 29.3 Å². The van der Waals surface area contributed by atoms with Crippen LogP contribution in [0.3, 0.4) is 0 Å². The zero-order valence-electron chi connectivity index (χ0n) is 20.9. The number of halogens is 1. The first-order valence-corrected chi connectivity index (χ1v) is 14.0. The molecule has 8 heteroatoms. The minimum Gasteiger partial charge on any atom is -0.491 e. The van der Waals surface area contributed by atoms with E-state index in [0.717, 1.165) is 30.4 Å². The molecular weight excluding hydrogens is 508 g/mol. The SMILES string of the molecule is Cc1ccc(C(=O)N(CC(=O)N2CCc3sccc3[C@H]2COc2ccc(Cl)cc2)C[C@H]2CCCO2)cc1. The summed E-state index contributed by atoms with van der Waals surface area (Å²) in [6, 6.07) is 16.6. The fourth-order valence-electron chi connectivity index (χ4n) is 4.97. The molecule has 3 heterocycles. The average Bonchev–Trinajstić information content (AvgIpc) is 3.60. The minimum absolute atomic E-state index is 0.00346. The molecule has 6 nitrogen and oxygen atoms in total. The van der Waals surface area contributed by atoms with Gasteiger partial charge in [-0.2, -0.15) is 0 Å². The Labute approximate surface area is 226 Å². The van der Waals surface area contributed by atoms with Crippen LogP contribution in [-0.2, 0) is 16.0 Å². The van der Waals surface area contributed by atoms with Gasteiger partial charge in [0.2, 0.25) is 5.91 Å². The smallest absolute Gasteiger partial charge is 0.254 e. The Hall–Kier alpha value is -2.87. The molecular formula is C29H31ClN2O4S. The lowest BCUT2D eigenvalue weighted by molar-refractivity contribution is -0.135. The third kappa shape index (κ3) is 6.17. The Morgan fingerprint density at radius 1 is 1.14 bits per heavy atom. The van der Waals surface area contributed by atoms with Gasteiger partial charge >= 0.3 is 0 Å². The van der Waals surface area contributed by atoms with Gasteiger partial charge in [0, 0.05) is 35.2 Å². The van der Waals surface area contributed by atoms with E-state index in [1.165, 1.54) is 4.88 Å². The highest BCUT2D eigenvalue weighted by atomic mass is 35.5. The van der Waals surface area contributed by atoms with Crippen molar-refractivity contribution in [1.29, 1.82) is 0 Å². The summed E-state index contributed by atoms with van der Waals surface area (Å²) in [7, 11) is 0. The molecule has 0 unspecified atom stereocenters. The second-order valence-corrected chi connectivity index (χ2v) is 11.0. The van der Waals surface area contributed by atoms with E-state index in [9.17, 15) is 9.59 Å². The number of ether oxygens (including phenoxy) is 2. The van der Waals surface area contributed by atoms with Gasteiger partial charge < -0.3 is 19.3 Å². The number of rotatable bonds is 8. The van der Waals surface area contributed by atoms with E-state index < -0.39 is 0 Å². The summed E-state index contributed by atoms with van der Waals surface area (Å²) in [6.45, 7) is 4.01. The van der Waals surface area contributed by atoms with Gasteiger partial charge in [0.15, 0.2) is 0 Å². The molecule has 2 amide bonds. The summed E-state index contributed by atoms with van der Waals surface area (Å²) in [5.74, 6) is 0.472. The van der Waals surface area contributed by atoms with Crippen LogP contribution in [0, 0.1) is 6.92 Å². The molecule has 0 saturated carbocycles. The second kappa shape index (κ2) is 11.7. The van der Waals surface area contributed by atoms with Crippen molar-refractivity contribution in [3.8, 4) is 5.75 Å². The maximum atomic E-state index is 13.8. The second-order valence-electron chi connectivity index (χ2n) is 9.60. The predicted molar refractivity (Wildman–Crippen MR) is 145 cm³/mol. The number of hydrogen-bond acceptors (Lipinski definition) is 5. The lowest BCUT2D eigenvalue weighted by atomic mass is 10.00. The molecule has 2 aliphatic rings. The molecule has 5 rings (SSSR count). The van der Waals surface area contributed by atoms with E-state index in [4.69, 9.17) is 21.1 Å². The number of carbonyl (C=O) groups is 2. The molecule has 0 N–H and O–H groups in total. The summed E-state index contributed by atoms with van der Waals surface area (Å²) < 4.78 is 11.9. The summed E-state index contributed by atoms with van der Waals surface area (Å²) in [5.41, 5.74) is 2.79. The molecule has 3 aromatic rings. The zero-order valence-corrected chi connectivity index (χ0v) is 22.5. The molecule has 1 saturated heterocycles. The van der Waals surface area contributed by atoms with Crippen LogP contribution in [0.4, 0.5) is 0 Å². The first kappa shape index (κ1) is 25.8. The molecule has 1 fully saturated rings. The highest BCUT2D eigenvalue weighted by molar-refractivity contribution is 7.10. The maximum absolute atomic E-state index is 13.8. The predicted octanol–water partition coefficient (Wildman–Crippen LogP) is 5.54. The van der Waals surface area contributed by atoms with Gasteiger partial charge in [0.05, 0.1) is 12.1 Å². The van der Waals surface area contributed by atoms with Gasteiger partial charge in [-0.25, -0.2) is 0 Å². The van der Waals surface area contributed by atoms with Crippen LogP contribution in [-0.4, -0.2) is 60.6 Å². The zero-order chi connectivity index (χ0) is 25.8. The van der Waals surface area contributed by atoms with Crippen molar-refractivity contribution < 1.29 is 19.1 Å². The number of carbonyl (C=O) groups excluding carboxylic acids is 2. The molecule has 37 heavy (non-hydrogen) atoms. The molecule has 194 valence electrons. The Balaban J connectivity index is 1.34. The van der Waals surface area contributed by atoms with Crippen molar-refractivity contribution in [2.45, 2.75) is 38.3 Å². The summed E-state index contributed by atoms with van der Waals surface area (Å²) in [5, 5.41) is 2.71. The van der Waals surface area contributed by atoms with Gasteiger partial charge in [0.1, 0.15) is 18.9 Å². The molecule has 2 aromatic carbocycles. The van der Waals surface area contributed by atoms with Crippen LogP contribution in [0.2, 0.25) is 5.02 Å². The van der Waals surface area contributed by atoms with E-state index in [1.54, 1.807) is 28.4 Å². The highest BCUT2D eigenvalue weighted by Crippen LogP contribution is 2.34. The fourth-order valence-corrected chi connectivity index (χ4v) is 6.02. The van der Waals surface area contributed by atoms with Crippen LogP contribution in [0.25, 0.3) is 0 Å².